The average molecular weight is 355 g/mol. The smallest absolute Gasteiger partial charge is 0.272 e. The number of hydrogen-bond acceptors (Lipinski definition) is 5. The first-order chi connectivity index (χ1) is 12.1. The van der Waals surface area contributed by atoms with Crippen LogP contribution in [-0.4, -0.2) is 35.3 Å². The number of nitrogens with zero attached hydrogens (tertiary/aromatic N) is 5. The van der Waals surface area contributed by atoms with Crippen LogP contribution in [0, 0.1) is 13.8 Å². The lowest BCUT2D eigenvalue weighted by atomic mass is 10.3. The van der Waals surface area contributed by atoms with Crippen molar-refractivity contribution in [1.82, 2.24) is 34.7 Å². The number of aromatic nitrogens is 6. The standard InChI is InChI=1S/C16H17N7OS/c1-10-5-11(2)23(21-10)9-12-6-14(20-19-12)15(24)17-7-13-8-22-3-4-25-16(22)18-13/h3-6,8H,7,9H2,1-2H3,(H,17,24)(H,19,20). The van der Waals surface area contributed by atoms with Gasteiger partial charge in [-0.15, -0.1) is 11.3 Å². The van der Waals surface area contributed by atoms with Gasteiger partial charge in [0, 0.05) is 23.5 Å². The maximum absolute atomic E-state index is 12.3. The molecule has 4 aromatic rings. The Balaban J connectivity index is 1.39. The minimum atomic E-state index is -0.229. The van der Waals surface area contributed by atoms with Crippen LogP contribution in [0.1, 0.15) is 33.3 Å². The summed E-state index contributed by atoms with van der Waals surface area (Å²) in [5.74, 6) is -0.229. The lowest BCUT2D eigenvalue weighted by Crippen LogP contribution is -2.23. The summed E-state index contributed by atoms with van der Waals surface area (Å²) in [5.41, 5.74) is 4.04. The Kier molecular flexibility index (Phi) is 3.85. The molecule has 0 aromatic carbocycles. The topological polar surface area (TPSA) is 92.9 Å². The zero-order valence-corrected chi connectivity index (χ0v) is 14.7. The van der Waals surface area contributed by atoms with Gasteiger partial charge in [0.05, 0.1) is 30.2 Å². The van der Waals surface area contributed by atoms with Gasteiger partial charge < -0.3 is 5.32 Å². The third kappa shape index (κ3) is 3.18. The van der Waals surface area contributed by atoms with E-state index in [-0.39, 0.29) is 5.91 Å². The number of aryl methyl sites for hydroxylation is 2. The van der Waals surface area contributed by atoms with E-state index < -0.39 is 0 Å². The van der Waals surface area contributed by atoms with Crippen molar-refractivity contribution in [3.63, 3.8) is 0 Å². The second-order valence-electron chi connectivity index (χ2n) is 5.87. The Hall–Kier alpha value is -2.94. The van der Waals surface area contributed by atoms with Crippen molar-refractivity contribution in [2.75, 3.05) is 0 Å². The Morgan fingerprint density at radius 3 is 3.00 bits per heavy atom. The third-order valence-electron chi connectivity index (χ3n) is 3.86. The molecule has 8 nitrogen and oxygen atoms in total. The highest BCUT2D eigenvalue weighted by Gasteiger charge is 2.12. The van der Waals surface area contributed by atoms with Crippen LogP contribution in [0.5, 0.6) is 0 Å². The molecule has 0 spiro atoms. The van der Waals surface area contributed by atoms with Crippen LogP contribution in [0.2, 0.25) is 0 Å². The molecule has 0 atom stereocenters. The maximum atomic E-state index is 12.3. The number of rotatable bonds is 5. The highest BCUT2D eigenvalue weighted by molar-refractivity contribution is 7.15. The van der Waals surface area contributed by atoms with E-state index in [0.717, 1.165) is 27.7 Å². The summed E-state index contributed by atoms with van der Waals surface area (Å²) >= 11 is 1.56. The molecule has 1 amide bonds. The second-order valence-corrected chi connectivity index (χ2v) is 6.74. The van der Waals surface area contributed by atoms with E-state index in [1.165, 1.54) is 0 Å². The quantitative estimate of drug-likeness (QED) is 0.572. The van der Waals surface area contributed by atoms with Crippen molar-refractivity contribution in [2.24, 2.45) is 0 Å². The number of imidazole rings is 1. The van der Waals surface area contributed by atoms with E-state index in [0.29, 0.717) is 18.8 Å². The number of aromatic amines is 1. The summed E-state index contributed by atoms with van der Waals surface area (Å²) in [6.45, 7) is 4.87. The summed E-state index contributed by atoms with van der Waals surface area (Å²) in [6, 6.07) is 3.76. The fourth-order valence-electron chi connectivity index (χ4n) is 2.68. The normalized spacial score (nSPS) is 11.3. The van der Waals surface area contributed by atoms with Crippen LogP contribution >= 0.6 is 11.3 Å². The summed E-state index contributed by atoms with van der Waals surface area (Å²) in [5, 5.41) is 16.2. The Morgan fingerprint density at radius 1 is 1.36 bits per heavy atom. The fourth-order valence-corrected chi connectivity index (χ4v) is 3.40. The lowest BCUT2D eigenvalue weighted by Gasteiger charge is -2.01. The zero-order chi connectivity index (χ0) is 17.4. The van der Waals surface area contributed by atoms with Crippen molar-refractivity contribution < 1.29 is 4.79 Å². The van der Waals surface area contributed by atoms with E-state index >= 15 is 0 Å². The fraction of sp³-hybridized carbons (Fsp3) is 0.250. The molecule has 0 saturated heterocycles. The van der Waals surface area contributed by atoms with E-state index in [4.69, 9.17) is 0 Å². The molecule has 0 unspecified atom stereocenters. The predicted octanol–water partition coefficient (Wildman–Crippen LogP) is 1.91. The maximum Gasteiger partial charge on any atom is 0.272 e. The van der Waals surface area contributed by atoms with Gasteiger partial charge in [0.15, 0.2) is 4.96 Å². The molecule has 0 aliphatic carbocycles. The molecule has 0 saturated carbocycles. The second kappa shape index (κ2) is 6.17. The highest BCUT2D eigenvalue weighted by atomic mass is 32.1. The molecule has 25 heavy (non-hydrogen) atoms. The Morgan fingerprint density at radius 2 is 2.24 bits per heavy atom. The molecule has 0 aliphatic rings. The molecular weight excluding hydrogens is 338 g/mol. The molecule has 4 aromatic heterocycles. The van der Waals surface area contributed by atoms with Crippen molar-refractivity contribution in [3.8, 4) is 0 Å². The summed E-state index contributed by atoms with van der Waals surface area (Å²) < 4.78 is 3.82. The monoisotopic (exact) mass is 355 g/mol. The van der Waals surface area contributed by atoms with Gasteiger partial charge >= 0.3 is 0 Å². The number of amides is 1. The molecule has 4 rings (SSSR count). The number of nitrogens with one attached hydrogen (secondary N) is 2. The first-order valence-corrected chi connectivity index (χ1v) is 8.71. The van der Waals surface area contributed by atoms with Crippen LogP contribution < -0.4 is 5.32 Å². The molecule has 2 N–H and O–H groups in total. The molecule has 0 fully saturated rings. The van der Waals surface area contributed by atoms with Gasteiger partial charge in [0.1, 0.15) is 5.69 Å². The van der Waals surface area contributed by atoms with Gasteiger partial charge in [-0.05, 0) is 26.0 Å². The van der Waals surface area contributed by atoms with Crippen LogP contribution in [0.4, 0.5) is 0 Å². The minimum absolute atomic E-state index is 0.229. The van der Waals surface area contributed by atoms with Gasteiger partial charge in [-0.2, -0.15) is 10.2 Å². The van der Waals surface area contributed by atoms with Crippen LogP contribution in [0.3, 0.4) is 0 Å². The van der Waals surface area contributed by atoms with E-state index in [1.54, 1.807) is 17.4 Å². The average Bonchev–Trinajstić information content (AvgIpc) is 3.31. The molecule has 128 valence electrons. The molecular formula is C16H17N7OS. The van der Waals surface area contributed by atoms with Crippen LogP contribution in [0.15, 0.2) is 29.9 Å². The predicted molar refractivity (Wildman–Crippen MR) is 93.6 cm³/mol. The molecule has 4 heterocycles. The van der Waals surface area contributed by atoms with Crippen molar-refractivity contribution in [3.05, 3.63) is 58.4 Å². The summed E-state index contributed by atoms with van der Waals surface area (Å²) in [7, 11) is 0. The first-order valence-electron chi connectivity index (χ1n) is 7.83. The minimum Gasteiger partial charge on any atom is -0.345 e. The van der Waals surface area contributed by atoms with Gasteiger partial charge in [0.25, 0.3) is 5.91 Å². The third-order valence-corrected chi connectivity index (χ3v) is 4.63. The van der Waals surface area contributed by atoms with Gasteiger partial charge in [-0.1, -0.05) is 0 Å². The number of thiazole rings is 1. The molecule has 9 heteroatoms. The number of carbonyl (C=O) groups is 1. The molecule has 0 bridgehead atoms. The number of fused-ring (bicyclic) bond motifs is 1. The van der Waals surface area contributed by atoms with Gasteiger partial charge in [-0.3, -0.25) is 19.0 Å². The van der Waals surface area contributed by atoms with Crippen molar-refractivity contribution >= 4 is 22.2 Å². The van der Waals surface area contributed by atoms with E-state index in [1.807, 2.05) is 46.8 Å². The molecule has 0 radical (unpaired) electrons. The number of hydrogen-bond donors (Lipinski definition) is 2. The van der Waals surface area contributed by atoms with E-state index in [2.05, 4.69) is 25.6 Å². The van der Waals surface area contributed by atoms with Gasteiger partial charge in [-0.25, -0.2) is 4.98 Å². The van der Waals surface area contributed by atoms with E-state index in [9.17, 15) is 4.79 Å². The lowest BCUT2D eigenvalue weighted by molar-refractivity contribution is 0.0945. The largest absolute Gasteiger partial charge is 0.345 e. The van der Waals surface area contributed by atoms with Crippen LogP contribution in [0.25, 0.3) is 4.96 Å². The van der Waals surface area contributed by atoms with Crippen molar-refractivity contribution in [1.29, 1.82) is 0 Å². The first kappa shape index (κ1) is 15.6. The highest BCUT2D eigenvalue weighted by Crippen LogP contribution is 2.11. The van der Waals surface area contributed by atoms with Crippen LogP contribution in [-0.2, 0) is 13.1 Å². The molecule has 0 aliphatic heterocycles. The number of carbonyl (C=O) groups excluding carboxylic acids is 1. The summed E-state index contributed by atoms with van der Waals surface area (Å²) in [6.07, 6.45) is 3.85. The summed E-state index contributed by atoms with van der Waals surface area (Å²) in [4.78, 5) is 17.6. The van der Waals surface area contributed by atoms with Crippen molar-refractivity contribution in [2.45, 2.75) is 26.9 Å². The SMILES string of the molecule is Cc1cc(C)n(Cc2cc(C(=O)NCc3cn4ccsc4n3)n[nH]2)n1. The number of H-pyrrole nitrogens is 1. The zero-order valence-electron chi connectivity index (χ0n) is 13.9. The Bertz CT molecular complexity index is 1010. The van der Waals surface area contributed by atoms with Gasteiger partial charge in [0.2, 0.25) is 0 Å². The Labute approximate surface area is 147 Å².